The van der Waals surface area contributed by atoms with E-state index in [0.717, 1.165) is 22.6 Å². The predicted molar refractivity (Wildman–Crippen MR) is 119 cm³/mol. The number of halogens is 1. The Kier molecular flexibility index (Phi) is 6.00. The number of fused-ring (bicyclic) bond motifs is 1. The molecule has 4 rings (SSSR count). The number of aromatic nitrogens is 2. The second-order valence-corrected chi connectivity index (χ2v) is 7.40. The molecule has 0 radical (unpaired) electrons. The first-order valence-electron chi connectivity index (χ1n) is 9.78. The van der Waals surface area contributed by atoms with Gasteiger partial charge < -0.3 is 14.6 Å². The lowest BCUT2D eigenvalue weighted by Gasteiger charge is -2.12. The second kappa shape index (κ2) is 9.01. The number of imidazole rings is 1. The normalized spacial score (nSPS) is 10.9. The van der Waals surface area contributed by atoms with Gasteiger partial charge in [-0.2, -0.15) is 0 Å². The maximum Gasteiger partial charge on any atom is 0.253 e. The number of benzene rings is 3. The van der Waals surface area contributed by atoms with Crippen LogP contribution in [0.4, 0.5) is 0 Å². The van der Waals surface area contributed by atoms with Crippen molar-refractivity contribution in [2.75, 3.05) is 6.61 Å². The lowest BCUT2D eigenvalue weighted by Crippen LogP contribution is -2.25. The van der Waals surface area contributed by atoms with Crippen molar-refractivity contribution in [2.45, 2.75) is 20.0 Å². The Hall–Kier alpha value is -3.31. The van der Waals surface area contributed by atoms with Crippen LogP contribution in [0.25, 0.3) is 11.0 Å². The molecule has 1 aromatic heterocycles. The van der Waals surface area contributed by atoms with E-state index in [-0.39, 0.29) is 5.91 Å². The minimum absolute atomic E-state index is 0.227. The third-order valence-corrected chi connectivity index (χ3v) is 5.19. The highest BCUT2D eigenvalue weighted by atomic mass is 35.5. The number of carbonyl (C=O) groups is 1. The minimum atomic E-state index is -0.227. The van der Waals surface area contributed by atoms with Gasteiger partial charge >= 0.3 is 0 Å². The summed E-state index contributed by atoms with van der Waals surface area (Å²) in [5.74, 6) is 1.37. The first-order valence-corrected chi connectivity index (χ1v) is 10.2. The van der Waals surface area contributed by atoms with Crippen LogP contribution in [0.3, 0.4) is 0 Å². The van der Waals surface area contributed by atoms with E-state index in [1.807, 2.05) is 55.5 Å². The maximum absolute atomic E-state index is 12.5. The molecule has 0 saturated carbocycles. The number of para-hydroxylation sites is 2. The van der Waals surface area contributed by atoms with Crippen molar-refractivity contribution < 1.29 is 9.53 Å². The Labute approximate surface area is 180 Å². The Morgan fingerprint density at radius 2 is 1.77 bits per heavy atom. The fraction of sp³-hybridized carbons (Fsp3) is 0.167. The summed E-state index contributed by atoms with van der Waals surface area (Å²) in [5.41, 5.74) is 3.53. The van der Waals surface area contributed by atoms with Crippen LogP contribution in [0.2, 0.25) is 5.02 Å². The molecule has 0 unspecified atom stereocenters. The molecule has 0 aliphatic heterocycles. The third-order valence-electron chi connectivity index (χ3n) is 4.86. The van der Waals surface area contributed by atoms with Crippen molar-refractivity contribution in [1.29, 1.82) is 0 Å². The molecule has 5 nitrogen and oxygen atoms in total. The van der Waals surface area contributed by atoms with Gasteiger partial charge in [0.15, 0.2) is 0 Å². The van der Waals surface area contributed by atoms with Crippen molar-refractivity contribution in [3.63, 3.8) is 0 Å². The van der Waals surface area contributed by atoms with Crippen LogP contribution >= 0.6 is 11.6 Å². The van der Waals surface area contributed by atoms with Crippen molar-refractivity contribution in [3.05, 3.63) is 94.8 Å². The molecule has 0 bridgehead atoms. The number of aryl methyl sites for hydroxylation is 1. The maximum atomic E-state index is 12.5. The van der Waals surface area contributed by atoms with E-state index in [1.54, 1.807) is 24.3 Å². The van der Waals surface area contributed by atoms with Crippen LogP contribution in [0, 0.1) is 6.92 Å². The van der Waals surface area contributed by atoms with Gasteiger partial charge in [-0.1, -0.05) is 53.6 Å². The molecule has 1 heterocycles. The summed E-state index contributed by atoms with van der Waals surface area (Å²) in [7, 11) is 0. The van der Waals surface area contributed by atoms with Crippen LogP contribution < -0.4 is 10.1 Å². The molecule has 1 N–H and O–H groups in total. The molecule has 0 spiro atoms. The predicted octanol–water partition coefficient (Wildman–Crippen LogP) is 5.01. The molecule has 0 aliphatic rings. The lowest BCUT2D eigenvalue weighted by atomic mass is 10.2. The van der Waals surface area contributed by atoms with Crippen LogP contribution in [-0.2, 0) is 13.1 Å². The van der Waals surface area contributed by atoms with Gasteiger partial charge in [0.1, 0.15) is 18.2 Å². The number of nitrogens with one attached hydrogen (secondary N) is 1. The number of rotatable bonds is 7. The first kappa shape index (κ1) is 20.0. The zero-order valence-corrected chi connectivity index (χ0v) is 17.4. The number of nitrogens with zero attached hydrogens (tertiary/aromatic N) is 2. The largest absolute Gasteiger partial charge is 0.492 e. The molecule has 3 aromatic carbocycles. The molecule has 0 aliphatic carbocycles. The molecule has 0 fully saturated rings. The van der Waals surface area contributed by atoms with E-state index in [9.17, 15) is 4.79 Å². The fourth-order valence-electron chi connectivity index (χ4n) is 3.30. The molecule has 30 heavy (non-hydrogen) atoms. The number of amides is 1. The summed E-state index contributed by atoms with van der Waals surface area (Å²) in [6.07, 6.45) is 0. The van der Waals surface area contributed by atoms with Gasteiger partial charge in [0.2, 0.25) is 0 Å². The molecule has 1 amide bonds. The summed E-state index contributed by atoms with van der Waals surface area (Å²) in [6, 6.07) is 22.9. The van der Waals surface area contributed by atoms with Gasteiger partial charge in [0.25, 0.3) is 5.91 Å². The molecule has 0 atom stereocenters. The summed E-state index contributed by atoms with van der Waals surface area (Å²) >= 11 is 6.13. The highest BCUT2D eigenvalue weighted by molar-refractivity contribution is 6.33. The summed E-state index contributed by atoms with van der Waals surface area (Å²) in [6.45, 7) is 3.45. The Morgan fingerprint density at radius 1 is 1.03 bits per heavy atom. The van der Waals surface area contributed by atoms with Gasteiger partial charge in [-0.25, -0.2) is 4.98 Å². The van der Waals surface area contributed by atoms with E-state index in [4.69, 9.17) is 21.3 Å². The van der Waals surface area contributed by atoms with Crippen molar-refractivity contribution in [1.82, 2.24) is 14.9 Å². The van der Waals surface area contributed by atoms with E-state index >= 15 is 0 Å². The Balaban J connectivity index is 1.49. The Morgan fingerprint density at radius 3 is 2.57 bits per heavy atom. The first-order chi connectivity index (χ1) is 14.6. The van der Waals surface area contributed by atoms with E-state index < -0.39 is 0 Å². The lowest BCUT2D eigenvalue weighted by molar-refractivity contribution is 0.0949. The SMILES string of the molecule is Cc1ccc(OCCn2c(CNC(=O)c3ccccc3Cl)nc3ccccc32)cc1. The van der Waals surface area contributed by atoms with E-state index in [2.05, 4.69) is 9.88 Å². The van der Waals surface area contributed by atoms with Crippen molar-refractivity contribution in [2.24, 2.45) is 0 Å². The number of hydrogen-bond acceptors (Lipinski definition) is 3. The van der Waals surface area contributed by atoms with E-state index in [1.165, 1.54) is 5.56 Å². The summed E-state index contributed by atoms with van der Waals surface area (Å²) in [4.78, 5) is 17.2. The quantitative estimate of drug-likeness (QED) is 0.458. The summed E-state index contributed by atoms with van der Waals surface area (Å²) in [5, 5.41) is 3.35. The monoisotopic (exact) mass is 419 g/mol. The number of carbonyl (C=O) groups excluding carboxylic acids is 1. The van der Waals surface area contributed by atoms with Gasteiger partial charge in [0.05, 0.1) is 34.7 Å². The number of hydrogen-bond donors (Lipinski definition) is 1. The van der Waals surface area contributed by atoms with E-state index in [0.29, 0.717) is 30.3 Å². The van der Waals surface area contributed by atoms with Gasteiger partial charge in [-0.3, -0.25) is 4.79 Å². The fourth-order valence-corrected chi connectivity index (χ4v) is 3.52. The average molecular weight is 420 g/mol. The smallest absolute Gasteiger partial charge is 0.253 e. The van der Waals surface area contributed by atoms with Crippen LogP contribution in [0.5, 0.6) is 5.75 Å². The zero-order valence-electron chi connectivity index (χ0n) is 16.6. The molecule has 6 heteroatoms. The van der Waals surface area contributed by atoms with Gasteiger partial charge in [-0.05, 0) is 43.3 Å². The average Bonchev–Trinajstić information content (AvgIpc) is 3.11. The van der Waals surface area contributed by atoms with Crippen LogP contribution in [0.15, 0.2) is 72.8 Å². The molecular weight excluding hydrogens is 398 g/mol. The van der Waals surface area contributed by atoms with Gasteiger partial charge in [0, 0.05) is 0 Å². The summed E-state index contributed by atoms with van der Waals surface area (Å²) < 4.78 is 7.98. The topological polar surface area (TPSA) is 56.1 Å². The highest BCUT2D eigenvalue weighted by Gasteiger charge is 2.14. The van der Waals surface area contributed by atoms with Crippen LogP contribution in [-0.4, -0.2) is 22.1 Å². The van der Waals surface area contributed by atoms with Crippen molar-refractivity contribution >= 4 is 28.5 Å². The molecular formula is C24H22ClN3O2. The molecule has 4 aromatic rings. The Bertz CT molecular complexity index is 1170. The highest BCUT2D eigenvalue weighted by Crippen LogP contribution is 2.18. The third kappa shape index (κ3) is 4.47. The minimum Gasteiger partial charge on any atom is -0.492 e. The number of ether oxygens (including phenoxy) is 1. The van der Waals surface area contributed by atoms with Crippen LogP contribution in [0.1, 0.15) is 21.7 Å². The molecule has 152 valence electrons. The second-order valence-electron chi connectivity index (χ2n) is 6.99. The zero-order chi connectivity index (χ0) is 20.9. The van der Waals surface area contributed by atoms with Gasteiger partial charge in [-0.15, -0.1) is 0 Å². The molecule has 0 saturated heterocycles. The standard InChI is InChI=1S/C24H22ClN3O2/c1-17-10-12-18(13-11-17)30-15-14-28-22-9-5-4-8-21(22)27-23(28)16-26-24(29)19-6-2-3-7-20(19)25/h2-13H,14-16H2,1H3,(H,26,29). The van der Waals surface area contributed by atoms with Crippen molar-refractivity contribution in [3.8, 4) is 5.75 Å².